The number of hydrogen-bond donors (Lipinski definition) is 1. The number of ether oxygens (including phenoxy) is 2. The molecule has 0 spiro atoms. The first-order valence-electron chi connectivity index (χ1n) is 11.2. The molecule has 0 unspecified atom stereocenters. The van der Waals surface area contributed by atoms with Crippen LogP contribution in [0.25, 0.3) is 0 Å². The summed E-state index contributed by atoms with van der Waals surface area (Å²) >= 11 is 12.3. The van der Waals surface area contributed by atoms with Crippen LogP contribution in [-0.2, 0) is 21.2 Å². The van der Waals surface area contributed by atoms with Gasteiger partial charge in [-0.15, -0.1) is 0 Å². The maximum absolute atomic E-state index is 13.5. The molecule has 7 nitrogen and oxygen atoms in total. The van der Waals surface area contributed by atoms with Crippen molar-refractivity contribution in [2.24, 2.45) is 0 Å². The Morgan fingerprint density at radius 3 is 2.33 bits per heavy atom. The Balaban J connectivity index is 1.82. The van der Waals surface area contributed by atoms with Gasteiger partial charge in [0.05, 0.1) is 31.8 Å². The van der Waals surface area contributed by atoms with Crippen LogP contribution in [0.1, 0.15) is 24.1 Å². The second-order valence-corrected chi connectivity index (χ2v) is 10.8. The molecule has 0 aliphatic carbocycles. The summed E-state index contributed by atoms with van der Waals surface area (Å²) in [6.45, 7) is 1.48. The van der Waals surface area contributed by atoms with Gasteiger partial charge in [0.25, 0.3) is 0 Å². The molecule has 0 heterocycles. The van der Waals surface area contributed by atoms with Crippen molar-refractivity contribution in [1.82, 2.24) is 9.62 Å². The van der Waals surface area contributed by atoms with E-state index in [-0.39, 0.29) is 21.5 Å². The highest BCUT2D eigenvalue weighted by Crippen LogP contribution is 2.30. The maximum Gasteiger partial charge on any atom is 0.245 e. The van der Waals surface area contributed by atoms with E-state index in [0.717, 1.165) is 15.4 Å². The minimum atomic E-state index is -4.12. The van der Waals surface area contributed by atoms with Gasteiger partial charge in [0.15, 0.2) is 11.5 Å². The van der Waals surface area contributed by atoms with Gasteiger partial charge in [0, 0.05) is 11.6 Å². The van der Waals surface area contributed by atoms with Crippen molar-refractivity contribution in [1.29, 1.82) is 0 Å². The highest BCUT2D eigenvalue weighted by Gasteiger charge is 2.29. The van der Waals surface area contributed by atoms with E-state index in [1.54, 1.807) is 26.2 Å². The predicted molar refractivity (Wildman–Crippen MR) is 141 cm³/mol. The lowest BCUT2D eigenvalue weighted by Crippen LogP contribution is -2.42. The average molecular weight is 551 g/mol. The smallest absolute Gasteiger partial charge is 0.245 e. The molecule has 0 bridgehead atoms. The van der Waals surface area contributed by atoms with Crippen LogP contribution in [-0.4, -0.2) is 45.9 Å². The molecule has 0 fully saturated rings. The fourth-order valence-electron chi connectivity index (χ4n) is 3.65. The number of nitrogens with one attached hydrogen (secondary N) is 1. The van der Waals surface area contributed by atoms with Gasteiger partial charge in [-0.25, -0.2) is 8.42 Å². The van der Waals surface area contributed by atoms with Crippen molar-refractivity contribution in [3.05, 3.63) is 87.9 Å². The Morgan fingerprint density at radius 1 is 0.972 bits per heavy atom. The Kier molecular flexibility index (Phi) is 9.62. The zero-order valence-electron chi connectivity index (χ0n) is 20.2. The number of sulfonamides is 1. The summed E-state index contributed by atoms with van der Waals surface area (Å²) in [6, 6.07) is 18.6. The molecule has 192 valence electrons. The largest absolute Gasteiger partial charge is 0.493 e. The van der Waals surface area contributed by atoms with Crippen LogP contribution in [0, 0.1) is 0 Å². The monoisotopic (exact) mass is 550 g/mol. The van der Waals surface area contributed by atoms with Crippen molar-refractivity contribution in [2.45, 2.75) is 24.3 Å². The standard InChI is InChI=1S/C26H28Cl2N2O5S/c1-18(20-9-12-23(34-2)24(15-20)35-3)29-26(31)17-30(14-13-19-7-5-4-6-8-19)36(32,33)25-16-21(27)10-11-22(25)28/h4-12,15-16,18H,13-14,17H2,1-3H3,(H,29,31)/t18-/m0/s1. The van der Waals surface area contributed by atoms with E-state index >= 15 is 0 Å². The fraction of sp³-hybridized carbons (Fsp3) is 0.269. The van der Waals surface area contributed by atoms with Crippen LogP contribution in [0.4, 0.5) is 0 Å². The highest BCUT2D eigenvalue weighted by molar-refractivity contribution is 7.89. The number of carbonyl (C=O) groups excluding carboxylic acids is 1. The Hall–Kier alpha value is -2.78. The van der Waals surface area contributed by atoms with Crippen LogP contribution in [0.2, 0.25) is 10.0 Å². The Morgan fingerprint density at radius 2 is 1.67 bits per heavy atom. The third-order valence-electron chi connectivity index (χ3n) is 5.61. The summed E-state index contributed by atoms with van der Waals surface area (Å²) < 4.78 is 38.8. The van der Waals surface area contributed by atoms with E-state index in [1.807, 2.05) is 36.4 Å². The SMILES string of the molecule is COc1ccc([C@H](C)NC(=O)CN(CCc2ccccc2)S(=O)(=O)c2cc(Cl)ccc2Cl)cc1OC. The van der Waals surface area contributed by atoms with Gasteiger partial charge in [-0.05, 0) is 54.8 Å². The van der Waals surface area contributed by atoms with E-state index in [4.69, 9.17) is 32.7 Å². The van der Waals surface area contributed by atoms with Gasteiger partial charge < -0.3 is 14.8 Å². The third kappa shape index (κ3) is 6.91. The van der Waals surface area contributed by atoms with Gasteiger partial charge in [0.2, 0.25) is 15.9 Å². The van der Waals surface area contributed by atoms with E-state index in [9.17, 15) is 13.2 Å². The van der Waals surface area contributed by atoms with Crippen LogP contribution >= 0.6 is 23.2 Å². The lowest BCUT2D eigenvalue weighted by molar-refractivity contribution is -0.121. The first-order chi connectivity index (χ1) is 17.1. The molecule has 0 aliphatic heterocycles. The number of carbonyl (C=O) groups is 1. The highest BCUT2D eigenvalue weighted by atomic mass is 35.5. The molecule has 3 aromatic carbocycles. The van der Waals surface area contributed by atoms with Gasteiger partial charge in [-0.1, -0.05) is 59.6 Å². The Bertz CT molecular complexity index is 1300. The molecule has 3 aromatic rings. The zero-order chi connectivity index (χ0) is 26.3. The molecule has 0 aliphatic rings. The normalized spacial score (nSPS) is 12.3. The third-order valence-corrected chi connectivity index (χ3v) is 8.17. The fourth-order valence-corrected chi connectivity index (χ4v) is 5.78. The van der Waals surface area contributed by atoms with Crippen LogP contribution in [0.5, 0.6) is 11.5 Å². The minimum absolute atomic E-state index is 0.0308. The van der Waals surface area contributed by atoms with Gasteiger partial charge in [0.1, 0.15) is 4.90 Å². The molecule has 1 amide bonds. The molecule has 0 aromatic heterocycles. The number of halogens is 2. The summed E-state index contributed by atoms with van der Waals surface area (Å²) in [4.78, 5) is 12.9. The second kappa shape index (κ2) is 12.5. The number of nitrogens with zero attached hydrogens (tertiary/aromatic N) is 1. The summed E-state index contributed by atoms with van der Waals surface area (Å²) in [6.07, 6.45) is 0.413. The van der Waals surface area contributed by atoms with Crippen molar-refractivity contribution >= 4 is 39.1 Å². The molecule has 3 rings (SSSR count). The van der Waals surface area contributed by atoms with Crippen molar-refractivity contribution < 1.29 is 22.7 Å². The van der Waals surface area contributed by atoms with Crippen LogP contribution in [0.15, 0.2) is 71.6 Å². The summed E-state index contributed by atoms with van der Waals surface area (Å²) in [5.74, 6) is 0.627. The van der Waals surface area contributed by atoms with E-state index in [0.29, 0.717) is 17.9 Å². The first kappa shape index (κ1) is 27.8. The van der Waals surface area contributed by atoms with Crippen molar-refractivity contribution in [2.75, 3.05) is 27.3 Å². The Labute approximate surface area is 222 Å². The number of benzene rings is 3. The molecule has 10 heteroatoms. The van der Waals surface area contributed by atoms with E-state index in [1.165, 1.54) is 25.3 Å². The average Bonchev–Trinajstić information content (AvgIpc) is 2.87. The van der Waals surface area contributed by atoms with Crippen LogP contribution in [0.3, 0.4) is 0 Å². The molecule has 0 saturated carbocycles. The van der Waals surface area contributed by atoms with Gasteiger partial charge >= 0.3 is 0 Å². The lowest BCUT2D eigenvalue weighted by Gasteiger charge is -2.24. The molecular weight excluding hydrogens is 523 g/mol. The number of hydrogen-bond acceptors (Lipinski definition) is 5. The zero-order valence-corrected chi connectivity index (χ0v) is 22.5. The molecule has 1 N–H and O–H groups in total. The number of rotatable bonds is 11. The number of amides is 1. The second-order valence-electron chi connectivity index (χ2n) is 8.05. The molecule has 1 atom stereocenters. The summed E-state index contributed by atoms with van der Waals surface area (Å²) in [5.41, 5.74) is 1.71. The quantitative estimate of drug-likeness (QED) is 0.358. The maximum atomic E-state index is 13.5. The summed E-state index contributed by atoms with van der Waals surface area (Å²) in [5, 5.41) is 3.12. The number of methoxy groups -OCH3 is 2. The molecular formula is C26H28Cl2N2O5S. The molecule has 36 heavy (non-hydrogen) atoms. The first-order valence-corrected chi connectivity index (χ1v) is 13.4. The van der Waals surface area contributed by atoms with Gasteiger partial charge in [-0.3, -0.25) is 4.79 Å². The van der Waals surface area contributed by atoms with Crippen LogP contribution < -0.4 is 14.8 Å². The predicted octanol–water partition coefficient (Wildman–Crippen LogP) is 5.12. The van der Waals surface area contributed by atoms with Crippen molar-refractivity contribution in [3.8, 4) is 11.5 Å². The summed E-state index contributed by atoms with van der Waals surface area (Å²) in [7, 11) is -1.05. The van der Waals surface area contributed by atoms with E-state index < -0.39 is 28.5 Å². The molecule has 0 radical (unpaired) electrons. The van der Waals surface area contributed by atoms with E-state index in [2.05, 4.69) is 5.32 Å². The molecule has 0 saturated heterocycles. The van der Waals surface area contributed by atoms with Gasteiger partial charge in [-0.2, -0.15) is 4.31 Å². The van der Waals surface area contributed by atoms with Crippen molar-refractivity contribution in [3.63, 3.8) is 0 Å². The lowest BCUT2D eigenvalue weighted by atomic mass is 10.1. The minimum Gasteiger partial charge on any atom is -0.493 e. The topological polar surface area (TPSA) is 84.9 Å².